The lowest BCUT2D eigenvalue weighted by molar-refractivity contribution is -0.114. The van der Waals surface area contributed by atoms with E-state index in [1.165, 1.54) is 13.0 Å². The topological polar surface area (TPSA) is 62.2 Å². The molecule has 3 rings (SSSR count). The summed E-state index contributed by atoms with van der Waals surface area (Å²) in [5.41, 5.74) is 4.38. The number of carbonyl (C=O) groups is 1. The number of aromatic hydroxyl groups is 1. The van der Waals surface area contributed by atoms with Gasteiger partial charge >= 0.3 is 0 Å². The number of hydrogen-bond acceptors (Lipinski definition) is 3. The molecule has 0 aliphatic rings. The molecule has 0 saturated heterocycles. The predicted molar refractivity (Wildman–Crippen MR) is 103 cm³/mol. The fourth-order valence-electron chi connectivity index (χ4n) is 2.87. The Morgan fingerprint density at radius 3 is 2.52 bits per heavy atom. The van der Waals surface area contributed by atoms with Crippen molar-refractivity contribution in [3.05, 3.63) is 51.5 Å². The summed E-state index contributed by atoms with van der Waals surface area (Å²) in [6.07, 6.45) is 0. The molecule has 0 bridgehead atoms. The van der Waals surface area contributed by atoms with E-state index in [-0.39, 0.29) is 16.7 Å². The number of aromatic nitrogens is 1. The Morgan fingerprint density at radius 1 is 1.12 bits per heavy atom. The van der Waals surface area contributed by atoms with Crippen LogP contribution in [0.3, 0.4) is 0 Å². The van der Waals surface area contributed by atoms with Crippen molar-refractivity contribution < 1.29 is 9.90 Å². The molecule has 0 aliphatic heterocycles. The number of pyridine rings is 1. The lowest BCUT2D eigenvalue weighted by Crippen LogP contribution is -2.07. The van der Waals surface area contributed by atoms with E-state index in [0.717, 1.165) is 22.0 Å². The maximum Gasteiger partial charge on any atom is 0.221 e. The highest BCUT2D eigenvalue weighted by Crippen LogP contribution is 2.41. The fourth-order valence-corrected chi connectivity index (χ4v) is 3.43. The minimum atomic E-state index is -0.146. The Kier molecular flexibility index (Phi) is 4.58. The Morgan fingerprint density at radius 2 is 1.84 bits per heavy atom. The smallest absolute Gasteiger partial charge is 0.221 e. The number of nitrogens with zero attached hydrogens (tertiary/aromatic N) is 1. The molecule has 0 aliphatic carbocycles. The second-order valence-electron chi connectivity index (χ2n) is 5.91. The van der Waals surface area contributed by atoms with E-state index in [9.17, 15) is 9.90 Å². The number of rotatable bonds is 2. The summed E-state index contributed by atoms with van der Waals surface area (Å²) in [5, 5.41) is 14.2. The van der Waals surface area contributed by atoms with Crippen LogP contribution in [-0.2, 0) is 4.79 Å². The van der Waals surface area contributed by atoms with Crippen LogP contribution in [-0.4, -0.2) is 16.0 Å². The van der Waals surface area contributed by atoms with Crippen LogP contribution in [0, 0.1) is 13.8 Å². The number of aryl methyl sites for hydroxylation is 2. The number of hydrogen-bond donors (Lipinski definition) is 2. The van der Waals surface area contributed by atoms with Gasteiger partial charge in [0.15, 0.2) is 0 Å². The van der Waals surface area contributed by atoms with Crippen molar-refractivity contribution in [1.82, 2.24) is 4.98 Å². The highest BCUT2D eigenvalue weighted by atomic mass is 35.5. The molecule has 0 radical (unpaired) electrons. The van der Waals surface area contributed by atoms with Crippen molar-refractivity contribution in [3.8, 4) is 17.0 Å². The first-order chi connectivity index (χ1) is 11.8. The number of nitrogens with one attached hydrogen (secondary N) is 1. The average Bonchev–Trinajstić information content (AvgIpc) is 2.54. The first-order valence-electron chi connectivity index (χ1n) is 7.65. The third-order valence-corrected chi connectivity index (χ3v) is 4.69. The molecule has 2 N–H and O–H groups in total. The van der Waals surface area contributed by atoms with Gasteiger partial charge in [0.1, 0.15) is 5.75 Å². The first kappa shape index (κ1) is 17.5. The molecule has 0 spiro atoms. The van der Waals surface area contributed by atoms with Crippen molar-refractivity contribution >= 4 is 45.7 Å². The summed E-state index contributed by atoms with van der Waals surface area (Å²) in [7, 11) is 0. The van der Waals surface area contributed by atoms with Gasteiger partial charge in [-0.2, -0.15) is 0 Å². The van der Waals surface area contributed by atoms with Crippen LogP contribution in [0.1, 0.15) is 18.1 Å². The molecule has 2 aromatic carbocycles. The number of carbonyl (C=O) groups excluding carboxylic acids is 1. The second kappa shape index (κ2) is 6.54. The summed E-state index contributed by atoms with van der Waals surface area (Å²) < 4.78 is 0. The minimum Gasteiger partial charge on any atom is -0.506 e. The molecular weight excluding hydrogens is 359 g/mol. The van der Waals surface area contributed by atoms with Gasteiger partial charge in [-0.3, -0.25) is 4.79 Å². The van der Waals surface area contributed by atoms with E-state index in [0.29, 0.717) is 22.0 Å². The van der Waals surface area contributed by atoms with Crippen LogP contribution in [0.2, 0.25) is 10.0 Å². The zero-order valence-electron chi connectivity index (χ0n) is 13.9. The summed E-state index contributed by atoms with van der Waals surface area (Å²) in [6, 6.07) is 8.64. The van der Waals surface area contributed by atoms with Crippen LogP contribution in [0.25, 0.3) is 22.2 Å². The molecule has 128 valence electrons. The van der Waals surface area contributed by atoms with Crippen LogP contribution in [0.5, 0.6) is 5.75 Å². The van der Waals surface area contributed by atoms with Gasteiger partial charge in [-0.15, -0.1) is 0 Å². The average molecular weight is 375 g/mol. The van der Waals surface area contributed by atoms with Crippen LogP contribution in [0.15, 0.2) is 30.3 Å². The Labute approximate surface area is 155 Å². The molecular formula is C19H16Cl2N2O2. The van der Waals surface area contributed by atoms with E-state index < -0.39 is 0 Å². The van der Waals surface area contributed by atoms with Crippen molar-refractivity contribution in [1.29, 1.82) is 0 Å². The molecule has 3 aromatic rings. The molecule has 0 unspecified atom stereocenters. The molecule has 4 nitrogen and oxygen atoms in total. The van der Waals surface area contributed by atoms with E-state index in [2.05, 4.69) is 5.32 Å². The van der Waals surface area contributed by atoms with Gasteiger partial charge in [-0.05, 0) is 49.2 Å². The van der Waals surface area contributed by atoms with E-state index in [4.69, 9.17) is 28.2 Å². The molecule has 25 heavy (non-hydrogen) atoms. The molecule has 1 amide bonds. The fraction of sp³-hybridized carbons (Fsp3) is 0.158. The predicted octanol–water partition coefficient (Wildman–Crippen LogP) is 5.49. The van der Waals surface area contributed by atoms with Crippen LogP contribution < -0.4 is 5.32 Å². The summed E-state index contributed by atoms with van der Waals surface area (Å²) >= 11 is 12.5. The maximum atomic E-state index is 11.5. The van der Waals surface area contributed by atoms with E-state index in [1.54, 1.807) is 6.07 Å². The van der Waals surface area contributed by atoms with E-state index in [1.807, 2.05) is 32.0 Å². The van der Waals surface area contributed by atoms with Crippen molar-refractivity contribution in [2.24, 2.45) is 0 Å². The normalized spacial score (nSPS) is 10.9. The first-order valence-corrected chi connectivity index (χ1v) is 8.41. The van der Waals surface area contributed by atoms with Gasteiger partial charge in [-0.25, -0.2) is 4.98 Å². The number of benzene rings is 2. The van der Waals surface area contributed by atoms with Gasteiger partial charge in [0, 0.05) is 17.9 Å². The molecule has 1 heterocycles. The Balaban J connectivity index is 2.33. The van der Waals surface area contributed by atoms with E-state index >= 15 is 0 Å². The zero-order valence-corrected chi connectivity index (χ0v) is 15.5. The summed E-state index contributed by atoms with van der Waals surface area (Å²) in [5.74, 6) is -0.197. The SMILES string of the molecule is CC(=O)Nc1ccc(C)c2nc(-c3c(Cl)ccc(O)c3Cl)cc(C)c12. The van der Waals surface area contributed by atoms with Gasteiger partial charge in [-0.1, -0.05) is 29.3 Å². The van der Waals surface area contributed by atoms with Gasteiger partial charge in [0.05, 0.1) is 26.9 Å². The number of anilines is 1. The lowest BCUT2D eigenvalue weighted by atomic mass is 10.0. The molecule has 0 saturated carbocycles. The van der Waals surface area contributed by atoms with Crippen LogP contribution >= 0.6 is 23.2 Å². The summed E-state index contributed by atoms with van der Waals surface area (Å²) in [4.78, 5) is 16.2. The Hall–Kier alpha value is -2.30. The van der Waals surface area contributed by atoms with Crippen molar-refractivity contribution in [2.75, 3.05) is 5.32 Å². The second-order valence-corrected chi connectivity index (χ2v) is 6.70. The molecule has 0 fully saturated rings. The molecule has 0 atom stereocenters. The van der Waals surface area contributed by atoms with Gasteiger partial charge < -0.3 is 10.4 Å². The van der Waals surface area contributed by atoms with Crippen LogP contribution in [0.4, 0.5) is 5.69 Å². The van der Waals surface area contributed by atoms with Crippen molar-refractivity contribution in [3.63, 3.8) is 0 Å². The maximum absolute atomic E-state index is 11.5. The number of amides is 1. The quantitative estimate of drug-likeness (QED) is 0.623. The van der Waals surface area contributed by atoms with Crippen molar-refractivity contribution in [2.45, 2.75) is 20.8 Å². The zero-order chi connectivity index (χ0) is 18.3. The number of phenols is 1. The number of halogens is 2. The molecule has 1 aromatic heterocycles. The lowest BCUT2D eigenvalue weighted by Gasteiger charge is -2.15. The molecule has 6 heteroatoms. The Bertz CT molecular complexity index is 1020. The monoisotopic (exact) mass is 374 g/mol. The third-order valence-electron chi connectivity index (χ3n) is 4.00. The summed E-state index contributed by atoms with van der Waals surface area (Å²) in [6.45, 7) is 5.35. The standard InChI is InChI=1S/C19H16Cl2N2O2/c1-9-4-6-13(22-11(3)24)16-10(2)8-14(23-19(9)16)17-12(20)5-7-15(25)18(17)21/h4-8,25H,1-3H3,(H,22,24). The highest BCUT2D eigenvalue weighted by Gasteiger charge is 2.17. The van der Waals surface area contributed by atoms with Gasteiger partial charge in [0.25, 0.3) is 0 Å². The highest BCUT2D eigenvalue weighted by molar-refractivity contribution is 6.40. The largest absolute Gasteiger partial charge is 0.506 e. The van der Waals surface area contributed by atoms with Gasteiger partial charge in [0.2, 0.25) is 5.91 Å². The third kappa shape index (κ3) is 3.15. The number of phenolic OH excluding ortho intramolecular Hbond substituents is 1. The minimum absolute atomic E-state index is 0.0515. The number of fused-ring (bicyclic) bond motifs is 1.